The van der Waals surface area contributed by atoms with Gasteiger partial charge in [-0.3, -0.25) is 4.72 Å². The number of alkyl halides is 3. The first kappa shape index (κ1) is 22.3. The van der Waals surface area contributed by atoms with Gasteiger partial charge in [-0.25, -0.2) is 22.8 Å². The van der Waals surface area contributed by atoms with Crippen LogP contribution >= 0.6 is 0 Å². The number of para-hydroxylation sites is 2. The zero-order valence-corrected chi connectivity index (χ0v) is 17.3. The molecule has 33 heavy (non-hydrogen) atoms. The zero-order chi connectivity index (χ0) is 23.6. The molecule has 0 radical (unpaired) electrons. The van der Waals surface area contributed by atoms with E-state index < -0.39 is 28.0 Å². The summed E-state index contributed by atoms with van der Waals surface area (Å²) in [6.45, 7) is 0. The summed E-state index contributed by atoms with van der Waals surface area (Å²) in [5.41, 5.74) is 1.15. The van der Waals surface area contributed by atoms with Gasteiger partial charge in [0.1, 0.15) is 11.6 Å². The van der Waals surface area contributed by atoms with E-state index in [2.05, 4.69) is 24.7 Å². The molecule has 0 bridgehead atoms. The van der Waals surface area contributed by atoms with Crippen LogP contribution in [0.4, 0.5) is 34.9 Å². The topological polar surface area (TPSA) is 93.2 Å². The van der Waals surface area contributed by atoms with Gasteiger partial charge in [-0.15, -0.1) is 13.2 Å². The van der Waals surface area contributed by atoms with Gasteiger partial charge in [0, 0.05) is 5.69 Å². The van der Waals surface area contributed by atoms with E-state index in [1.54, 1.807) is 24.3 Å². The van der Waals surface area contributed by atoms with Gasteiger partial charge in [-0.1, -0.05) is 12.1 Å². The van der Waals surface area contributed by atoms with Gasteiger partial charge >= 0.3 is 6.36 Å². The van der Waals surface area contributed by atoms with Crippen molar-refractivity contribution < 1.29 is 30.7 Å². The van der Waals surface area contributed by atoms with Gasteiger partial charge < -0.3 is 10.1 Å². The van der Waals surface area contributed by atoms with Crippen molar-refractivity contribution in [1.29, 1.82) is 0 Å². The minimum atomic E-state index is -4.83. The maximum absolute atomic E-state index is 13.2. The number of nitrogens with zero attached hydrogens (tertiary/aromatic N) is 2. The third kappa shape index (κ3) is 5.47. The number of anilines is 3. The van der Waals surface area contributed by atoms with Gasteiger partial charge in [0.15, 0.2) is 11.6 Å². The number of hydrogen-bond donors (Lipinski definition) is 2. The first-order valence-corrected chi connectivity index (χ1v) is 10.8. The highest BCUT2D eigenvalue weighted by molar-refractivity contribution is 7.92. The predicted octanol–water partition coefficient (Wildman–Crippen LogP) is 5.21. The van der Waals surface area contributed by atoms with E-state index in [0.29, 0.717) is 16.7 Å². The number of fused-ring (bicyclic) bond motifs is 1. The quantitative estimate of drug-likeness (QED) is 0.370. The van der Waals surface area contributed by atoms with Crippen LogP contribution < -0.4 is 14.8 Å². The monoisotopic (exact) mass is 478 g/mol. The highest BCUT2D eigenvalue weighted by Gasteiger charge is 2.31. The fraction of sp³-hybridized carbons (Fsp3) is 0.0476. The SMILES string of the molecule is O=S(=O)(Nc1nc2ccccc2nc1Nc1ccc(OC(F)(F)F)cc1)c1ccc(F)cc1. The van der Waals surface area contributed by atoms with E-state index >= 15 is 0 Å². The van der Waals surface area contributed by atoms with E-state index in [1.807, 2.05) is 0 Å². The van der Waals surface area contributed by atoms with Gasteiger partial charge in [0.2, 0.25) is 0 Å². The number of sulfonamides is 1. The summed E-state index contributed by atoms with van der Waals surface area (Å²) in [6.07, 6.45) is -4.83. The Balaban J connectivity index is 1.68. The summed E-state index contributed by atoms with van der Waals surface area (Å²) < 4.78 is 82.0. The summed E-state index contributed by atoms with van der Waals surface area (Å²) >= 11 is 0. The Labute approximate surface area is 185 Å². The molecule has 170 valence electrons. The highest BCUT2D eigenvalue weighted by Crippen LogP contribution is 2.29. The molecule has 0 amide bonds. The minimum Gasteiger partial charge on any atom is -0.406 e. The predicted molar refractivity (Wildman–Crippen MR) is 113 cm³/mol. The summed E-state index contributed by atoms with van der Waals surface area (Å²) in [5, 5.41) is 2.84. The summed E-state index contributed by atoms with van der Waals surface area (Å²) in [7, 11) is -4.14. The van der Waals surface area contributed by atoms with Gasteiger partial charge in [0.25, 0.3) is 10.0 Å². The number of halogens is 4. The van der Waals surface area contributed by atoms with E-state index in [1.165, 1.54) is 12.1 Å². The van der Waals surface area contributed by atoms with Crippen molar-refractivity contribution >= 4 is 38.4 Å². The van der Waals surface area contributed by atoms with E-state index in [4.69, 9.17) is 0 Å². The molecule has 0 atom stereocenters. The lowest BCUT2D eigenvalue weighted by Crippen LogP contribution is -2.17. The molecule has 4 rings (SSSR count). The number of ether oxygens (including phenoxy) is 1. The second kappa shape index (κ2) is 8.54. The Hall–Kier alpha value is -3.93. The Kier molecular flexibility index (Phi) is 5.77. The van der Waals surface area contributed by atoms with E-state index in [-0.39, 0.29) is 16.5 Å². The normalized spacial score (nSPS) is 11.9. The number of rotatable bonds is 6. The number of nitrogens with one attached hydrogen (secondary N) is 2. The maximum atomic E-state index is 13.2. The molecule has 0 fully saturated rings. The van der Waals surface area contributed by atoms with Gasteiger partial charge in [0.05, 0.1) is 15.9 Å². The molecule has 0 spiro atoms. The number of hydrogen-bond acceptors (Lipinski definition) is 6. The van der Waals surface area contributed by atoms with Crippen molar-refractivity contribution in [1.82, 2.24) is 9.97 Å². The Morgan fingerprint density at radius 2 is 1.36 bits per heavy atom. The molecule has 2 N–H and O–H groups in total. The van der Waals surface area contributed by atoms with Crippen LogP contribution in [0.15, 0.2) is 77.7 Å². The molecule has 0 unspecified atom stereocenters. The highest BCUT2D eigenvalue weighted by atomic mass is 32.2. The van der Waals surface area contributed by atoms with Gasteiger partial charge in [-0.05, 0) is 60.7 Å². The van der Waals surface area contributed by atoms with Crippen molar-refractivity contribution in [2.75, 3.05) is 10.0 Å². The molecule has 0 saturated heterocycles. The van der Waals surface area contributed by atoms with Crippen LogP contribution in [0.3, 0.4) is 0 Å². The molecular weight excluding hydrogens is 464 g/mol. The van der Waals surface area contributed by atoms with Crippen LogP contribution in [0.5, 0.6) is 5.75 Å². The average molecular weight is 478 g/mol. The molecular formula is C21H14F4N4O3S. The van der Waals surface area contributed by atoms with Crippen molar-refractivity contribution in [2.24, 2.45) is 0 Å². The van der Waals surface area contributed by atoms with E-state index in [9.17, 15) is 26.0 Å². The Morgan fingerprint density at radius 3 is 1.94 bits per heavy atom. The molecule has 0 aliphatic carbocycles. The van der Waals surface area contributed by atoms with Gasteiger partial charge in [-0.2, -0.15) is 0 Å². The zero-order valence-electron chi connectivity index (χ0n) is 16.5. The smallest absolute Gasteiger partial charge is 0.406 e. The van der Waals surface area contributed by atoms with Crippen LogP contribution in [0, 0.1) is 5.82 Å². The Bertz CT molecular complexity index is 1390. The van der Waals surface area contributed by atoms with E-state index in [0.717, 1.165) is 36.4 Å². The lowest BCUT2D eigenvalue weighted by Gasteiger charge is -2.14. The third-order valence-corrected chi connectivity index (χ3v) is 5.63. The average Bonchev–Trinajstić information content (AvgIpc) is 2.74. The maximum Gasteiger partial charge on any atom is 0.573 e. The third-order valence-electron chi connectivity index (χ3n) is 4.28. The summed E-state index contributed by atoms with van der Waals surface area (Å²) in [4.78, 5) is 8.48. The molecule has 7 nitrogen and oxygen atoms in total. The number of benzene rings is 3. The van der Waals surface area contributed by atoms with Crippen molar-refractivity contribution in [3.05, 3.63) is 78.6 Å². The van der Waals surface area contributed by atoms with Crippen molar-refractivity contribution in [2.45, 2.75) is 11.3 Å². The molecule has 1 heterocycles. The fourth-order valence-electron chi connectivity index (χ4n) is 2.83. The molecule has 3 aromatic carbocycles. The second-order valence-corrected chi connectivity index (χ2v) is 8.35. The molecule has 0 aliphatic rings. The molecule has 0 aliphatic heterocycles. The largest absolute Gasteiger partial charge is 0.573 e. The minimum absolute atomic E-state index is 0.00359. The standard InChI is InChI=1S/C21H14F4N4O3S/c22-13-5-11-16(12-6-13)33(30,31)29-20-19(27-17-3-1-2-4-18(17)28-20)26-14-7-9-15(10-8-14)32-21(23,24)25/h1-12H,(H,26,27)(H,28,29). The van der Waals surface area contributed by atoms with Crippen LogP contribution in [-0.4, -0.2) is 24.7 Å². The van der Waals surface area contributed by atoms with Crippen molar-refractivity contribution in [3.8, 4) is 5.75 Å². The Morgan fingerprint density at radius 1 is 0.788 bits per heavy atom. The molecule has 4 aromatic rings. The first-order valence-electron chi connectivity index (χ1n) is 9.27. The molecule has 0 saturated carbocycles. The van der Waals surface area contributed by atoms with Crippen LogP contribution in [0.1, 0.15) is 0 Å². The molecule has 1 aromatic heterocycles. The second-order valence-electron chi connectivity index (χ2n) is 6.67. The summed E-state index contributed by atoms with van der Waals surface area (Å²) in [6, 6.07) is 15.7. The number of aromatic nitrogens is 2. The van der Waals surface area contributed by atoms with Crippen molar-refractivity contribution in [3.63, 3.8) is 0 Å². The van der Waals surface area contributed by atoms with Crippen LogP contribution in [0.25, 0.3) is 11.0 Å². The summed E-state index contributed by atoms with van der Waals surface area (Å²) in [5.74, 6) is -1.17. The first-order chi connectivity index (χ1) is 15.6. The molecule has 12 heteroatoms. The van der Waals surface area contributed by atoms with Crippen LogP contribution in [-0.2, 0) is 10.0 Å². The fourth-order valence-corrected chi connectivity index (χ4v) is 3.84. The lowest BCUT2D eigenvalue weighted by molar-refractivity contribution is -0.274. The lowest BCUT2D eigenvalue weighted by atomic mass is 10.3. The van der Waals surface area contributed by atoms with Crippen LogP contribution in [0.2, 0.25) is 0 Å².